The average molecular weight is 455 g/mol. The average Bonchev–Trinajstić information content (AvgIpc) is 3.23. The van der Waals surface area contributed by atoms with Gasteiger partial charge in [-0.05, 0) is 50.1 Å². The highest BCUT2D eigenvalue weighted by Crippen LogP contribution is 2.50. The second-order valence-corrected chi connectivity index (χ2v) is 10.3. The Morgan fingerprint density at radius 3 is 2.36 bits per heavy atom. The summed E-state index contributed by atoms with van der Waals surface area (Å²) in [5.41, 5.74) is -1.22. The van der Waals surface area contributed by atoms with Gasteiger partial charge in [0.25, 0.3) is 5.89 Å². The largest absolute Gasteiger partial charge is 0.381 e. The summed E-state index contributed by atoms with van der Waals surface area (Å²) in [4.78, 5) is 10.7. The Kier molecular flexibility index (Phi) is 5.67. The Bertz CT molecular complexity index is 1160. The number of pyridine rings is 1. The van der Waals surface area contributed by atoms with Crippen LogP contribution in [0.25, 0.3) is 11.4 Å². The zero-order valence-electron chi connectivity index (χ0n) is 19.9. The lowest BCUT2D eigenvalue weighted by molar-refractivity contribution is -0.127. The number of likely N-dealkylation sites (tertiary alicyclic amines) is 1. The number of hydrogen-bond donors (Lipinski definition) is 2. The molecule has 1 aliphatic heterocycles. The molecule has 0 aliphatic carbocycles. The van der Waals surface area contributed by atoms with E-state index in [0.717, 1.165) is 0 Å². The fourth-order valence-electron chi connectivity index (χ4n) is 4.81. The molecule has 1 saturated heterocycles. The summed E-state index contributed by atoms with van der Waals surface area (Å²) >= 11 is 0. The Labute approximate surface area is 193 Å². The zero-order chi connectivity index (χ0) is 24.2. The van der Waals surface area contributed by atoms with Gasteiger partial charge in [0.15, 0.2) is 0 Å². The van der Waals surface area contributed by atoms with Gasteiger partial charge in [0.05, 0.1) is 0 Å². The van der Waals surface area contributed by atoms with Crippen molar-refractivity contribution in [1.29, 1.82) is 0 Å². The van der Waals surface area contributed by atoms with Crippen molar-refractivity contribution in [3.63, 3.8) is 0 Å². The van der Waals surface area contributed by atoms with Gasteiger partial charge in [-0.15, -0.1) is 0 Å². The van der Waals surface area contributed by atoms with E-state index < -0.39 is 16.6 Å². The fourth-order valence-corrected chi connectivity index (χ4v) is 4.81. The fraction of sp³-hybridized carbons (Fsp3) is 0.480. The first-order chi connectivity index (χ1) is 15.3. The maximum atomic E-state index is 15.0. The van der Waals surface area contributed by atoms with E-state index in [1.54, 1.807) is 44.4 Å². The lowest BCUT2D eigenvalue weighted by Crippen LogP contribution is -2.63. The molecular formula is C25H31FN4O3. The summed E-state index contributed by atoms with van der Waals surface area (Å²) in [6, 6.07) is 6.74. The van der Waals surface area contributed by atoms with Crippen molar-refractivity contribution < 1.29 is 19.1 Å². The molecule has 1 atom stereocenters. The van der Waals surface area contributed by atoms with E-state index in [9.17, 15) is 14.6 Å². The van der Waals surface area contributed by atoms with E-state index in [2.05, 4.69) is 20.0 Å². The van der Waals surface area contributed by atoms with Crippen LogP contribution in [0, 0.1) is 11.2 Å². The highest BCUT2D eigenvalue weighted by molar-refractivity contribution is 5.56. The number of nitrogens with zero attached hydrogens (tertiary/aromatic N) is 4. The van der Waals surface area contributed by atoms with Crippen LogP contribution in [-0.2, 0) is 11.2 Å². The molecule has 0 amide bonds. The molecular weight excluding hydrogens is 423 g/mol. The minimum Gasteiger partial charge on any atom is -0.381 e. The van der Waals surface area contributed by atoms with Crippen molar-refractivity contribution in [3.8, 4) is 11.4 Å². The van der Waals surface area contributed by atoms with Crippen LogP contribution in [0.3, 0.4) is 0 Å². The van der Waals surface area contributed by atoms with Gasteiger partial charge in [-0.1, -0.05) is 38.1 Å². The first-order valence-electron chi connectivity index (χ1n) is 11.1. The second kappa shape index (κ2) is 7.97. The van der Waals surface area contributed by atoms with Gasteiger partial charge in [-0.3, -0.25) is 4.98 Å². The first kappa shape index (κ1) is 23.5. The van der Waals surface area contributed by atoms with Crippen LogP contribution in [0.1, 0.15) is 63.1 Å². The van der Waals surface area contributed by atoms with Gasteiger partial charge in [0.2, 0.25) is 5.82 Å². The molecule has 4 rings (SSSR count). The van der Waals surface area contributed by atoms with Crippen molar-refractivity contribution in [2.75, 3.05) is 20.1 Å². The van der Waals surface area contributed by atoms with Crippen LogP contribution in [0.2, 0.25) is 0 Å². The Hall–Kier alpha value is -2.68. The number of hydrogen-bond acceptors (Lipinski definition) is 7. The third-order valence-electron chi connectivity index (χ3n) is 6.52. The Morgan fingerprint density at radius 2 is 1.82 bits per heavy atom. The molecule has 33 heavy (non-hydrogen) atoms. The van der Waals surface area contributed by atoms with Gasteiger partial charge < -0.3 is 19.6 Å². The molecule has 176 valence electrons. The van der Waals surface area contributed by atoms with Crippen molar-refractivity contribution in [2.24, 2.45) is 5.41 Å². The minimum absolute atomic E-state index is 0.0331. The number of benzene rings is 1. The van der Waals surface area contributed by atoms with E-state index in [1.807, 2.05) is 27.8 Å². The number of rotatable bonds is 6. The van der Waals surface area contributed by atoms with Crippen molar-refractivity contribution >= 4 is 0 Å². The van der Waals surface area contributed by atoms with Crippen LogP contribution in [0.5, 0.6) is 0 Å². The molecule has 8 heteroatoms. The summed E-state index contributed by atoms with van der Waals surface area (Å²) < 4.78 is 20.2. The van der Waals surface area contributed by atoms with Gasteiger partial charge in [0.1, 0.15) is 17.0 Å². The predicted octanol–water partition coefficient (Wildman–Crippen LogP) is 3.81. The van der Waals surface area contributed by atoms with Crippen LogP contribution in [-0.4, -0.2) is 50.4 Å². The van der Waals surface area contributed by atoms with Crippen LogP contribution >= 0.6 is 0 Å². The third kappa shape index (κ3) is 3.96. The predicted molar refractivity (Wildman–Crippen MR) is 122 cm³/mol. The van der Waals surface area contributed by atoms with E-state index >= 15 is 0 Å². The topological polar surface area (TPSA) is 95.5 Å². The molecule has 2 aromatic heterocycles. The molecule has 1 fully saturated rings. The maximum absolute atomic E-state index is 15.0. The number of halogens is 1. The van der Waals surface area contributed by atoms with E-state index in [4.69, 9.17) is 4.52 Å². The summed E-state index contributed by atoms with van der Waals surface area (Å²) in [7, 11) is 1.98. The van der Waals surface area contributed by atoms with Crippen molar-refractivity contribution in [3.05, 3.63) is 65.1 Å². The molecule has 1 aromatic carbocycles. The monoisotopic (exact) mass is 454 g/mol. The molecule has 0 spiro atoms. The standard InChI is InChI=1S/C25H31FN4O3/c1-15(2)19-8-7-17(10-20(19)26)25(32,24(5)13-30(6)14-24)18-9-16(11-27-12-18)21-28-22(33-29-21)23(3,4)31/h7-12,15,31-32H,13-14H2,1-6H3/t25-/m0/s1. The van der Waals surface area contributed by atoms with Crippen LogP contribution in [0.4, 0.5) is 4.39 Å². The van der Waals surface area contributed by atoms with E-state index in [1.165, 1.54) is 6.07 Å². The van der Waals surface area contributed by atoms with Crippen LogP contribution < -0.4 is 0 Å². The van der Waals surface area contributed by atoms with Crippen molar-refractivity contribution in [2.45, 2.75) is 51.7 Å². The number of aromatic nitrogens is 3. The molecule has 7 nitrogen and oxygen atoms in total. The van der Waals surface area contributed by atoms with Gasteiger partial charge in [-0.25, -0.2) is 4.39 Å². The molecule has 2 N–H and O–H groups in total. The highest BCUT2D eigenvalue weighted by atomic mass is 19.1. The molecule has 0 saturated carbocycles. The summed E-state index contributed by atoms with van der Waals surface area (Å²) in [6.45, 7) is 10.2. The summed E-state index contributed by atoms with van der Waals surface area (Å²) in [6.07, 6.45) is 3.17. The minimum atomic E-state index is -1.50. The first-order valence-corrected chi connectivity index (χ1v) is 11.1. The lowest BCUT2D eigenvalue weighted by Gasteiger charge is -2.55. The van der Waals surface area contributed by atoms with Crippen molar-refractivity contribution in [1.82, 2.24) is 20.0 Å². The quantitative estimate of drug-likeness (QED) is 0.585. The Balaban J connectivity index is 1.84. The van der Waals surface area contributed by atoms with Gasteiger partial charge >= 0.3 is 0 Å². The molecule has 3 heterocycles. The summed E-state index contributed by atoms with van der Waals surface area (Å²) in [5.74, 6) is 0.0261. The molecule has 1 aliphatic rings. The smallest absolute Gasteiger partial charge is 0.258 e. The lowest BCUT2D eigenvalue weighted by atomic mass is 9.62. The summed E-state index contributed by atoms with van der Waals surface area (Å²) in [5, 5.41) is 26.4. The van der Waals surface area contributed by atoms with E-state index in [0.29, 0.717) is 35.3 Å². The van der Waals surface area contributed by atoms with E-state index in [-0.39, 0.29) is 23.5 Å². The molecule has 0 bridgehead atoms. The van der Waals surface area contributed by atoms with Crippen LogP contribution in [0.15, 0.2) is 41.2 Å². The highest BCUT2D eigenvalue weighted by Gasteiger charge is 2.55. The molecule has 0 radical (unpaired) electrons. The SMILES string of the molecule is CC(C)c1ccc([C@](O)(c2cncc(-c3noc(C(C)(C)O)n3)c2)C2(C)CN(C)C2)cc1F. The normalized spacial score (nSPS) is 18.2. The molecule has 3 aromatic rings. The Morgan fingerprint density at radius 1 is 1.12 bits per heavy atom. The van der Waals surface area contributed by atoms with Gasteiger partial charge in [-0.2, -0.15) is 4.98 Å². The zero-order valence-corrected chi connectivity index (χ0v) is 19.9. The molecule has 0 unspecified atom stereocenters. The second-order valence-electron chi connectivity index (χ2n) is 10.3. The maximum Gasteiger partial charge on any atom is 0.258 e. The number of aliphatic hydroxyl groups is 2. The van der Waals surface area contributed by atoms with Gasteiger partial charge in [0, 0.05) is 42.0 Å². The third-order valence-corrected chi connectivity index (χ3v) is 6.52.